The summed E-state index contributed by atoms with van der Waals surface area (Å²) < 4.78 is 61.7. The average molecular weight is 462 g/mol. The van der Waals surface area contributed by atoms with Gasteiger partial charge in [0, 0.05) is 44.0 Å². The summed E-state index contributed by atoms with van der Waals surface area (Å²) in [6, 6.07) is 8.40. The third-order valence-corrected chi connectivity index (χ3v) is 6.91. The number of piperazine rings is 1. The summed E-state index contributed by atoms with van der Waals surface area (Å²) in [6.07, 6.45) is 0. The standard InChI is InChI=1S/C19H22ClF2N3O4S/c1-13-3-4-14(29-19(21)22)11-16(13)25(20)30(26,27)15-5-6-18(28-2)17(12-15)24-9-7-23-8-10-24/h3-6,11-12,19,23H,7-10H2,1-2H3. The summed E-state index contributed by atoms with van der Waals surface area (Å²) in [6.45, 7) is 1.49. The lowest BCUT2D eigenvalue weighted by molar-refractivity contribution is -0.0498. The molecule has 0 amide bonds. The van der Waals surface area contributed by atoms with E-state index in [0.717, 1.165) is 19.2 Å². The number of benzene rings is 2. The van der Waals surface area contributed by atoms with Crippen molar-refractivity contribution in [3.05, 3.63) is 42.0 Å². The number of hydrogen-bond acceptors (Lipinski definition) is 6. The third-order valence-electron chi connectivity index (χ3n) is 4.71. The molecule has 0 unspecified atom stereocenters. The van der Waals surface area contributed by atoms with E-state index in [1.807, 2.05) is 4.90 Å². The van der Waals surface area contributed by atoms with Gasteiger partial charge in [-0.1, -0.05) is 6.07 Å². The van der Waals surface area contributed by atoms with Crippen molar-refractivity contribution in [2.45, 2.75) is 18.4 Å². The van der Waals surface area contributed by atoms with Crippen LogP contribution in [0.1, 0.15) is 5.56 Å². The second kappa shape index (κ2) is 9.23. The van der Waals surface area contributed by atoms with Crippen LogP contribution in [0.5, 0.6) is 11.5 Å². The Morgan fingerprint density at radius 1 is 1.17 bits per heavy atom. The number of alkyl halides is 2. The van der Waals surface area contributed by atoms with Crippen molar-refractivity contribution in [2.24, 2.45) is 0 Å². The maximum Gasteiger partial charge on any atom is 0.387 e. The van der Waals surface area contributed by atoms with Crippen LogP contribution in [-0.4, -0.2) is 48.3 Å². The van der Waals surface area contributed by atoms with Gasteiger partial charge in [0.15, 0.2) is 0 Å². The van der Waals surface area contributed by atoms with Crippen molar-refractivity contribution in [2.75, 3.05) is 42.0 Å². The number of methoxy groups -OCH3 is 1. The molecule has 11 heteroatoms. The van der Waals surface area contributed by atoms with Gasteiger partial charge in [0.2, 0.25) is 0 Å². The number of rotatable bonds is 7. The Balaban J connectivity index is 1.98. The fourth-order valence-electron chi connectivity index (χ4n) is 3.16. The van der Waals surface area contributed by atoms with E-state index in [1.165, 1.54) is 31.4 Å². The van der Waals surface area contributed by atoms with Gasteiger partial charge in [0.25, 0.3) is 10.0 Å². The zero-order chi connectivity index (χ0) is 21.9. The highest BCUT2D eigenvalue weighted by Gasteiger charge is 2.28. The van der Waals surface area contributed by atoms with E-state index in [1.54, 1.807) is 13.0 Å². The Labute approximate surface area is 179 Å². The van der Waals surface area contributed by atoms with Crippen molar-refractivity contribution in [3.8, 4) is 11.5 Å². The number of anilines is 2. The van der Waals surface area contributed by atoms with Gasteiger partial charge in [-0.25, -0.2) is 0 Å². The smallest absolute Gasteiger partial charge is 0.387 e. The molecule has 0 radical (unpaired) electrons. The molecule has 0 bridgehead atoms. The first-order valence-corrected chi connectivity index (χ1v) is 10.9. The van der Waals surface area contributed by atoms with E-state index in [2.05, 4.69) is 10.1 Å². The number of nitrogens with one attached hydrogen (secondary N) is 1. The maximum absolute atomic E-state index is 13.2. The van der Waals surface area contributed by atoms with Crippen LogP contribution in [0.15, 0.2) is 41.3 Å². The van der Waals surface area contributed by atoms with Gasteiger partial charge < -0.3 is 19.7 Å². The summed E-state index contributed by atoms with van der Waals surface area (Å²) in [5, 5.41) is 3.24. The molecule has 1 heterocycles. The molecule has 1 N–H and O–H groups in total. The zero-order valence-electron chi connectivity index (χ0n) is 16.4. The van der Waals surface area contributed by atoms with Gasteiger partial charge in [-0.3, -0.25) is 0 Å². The fourth-order valence-corrected chi connectivity index (χ4v) is 4.72. The van der Waals surface area contributed by atoms with E-state index in [9.17, 15) is 17.2 Å². The highest BCUT2D eigenvalue weighted by molar-refractivity contribution is 7.94. The average Bonchev–Trinajstić information content (AvgIpc) is 2.74. The first-order valence-electron chi connectivity index (χ1n) is 9.14. The molecule has 2 aromatic carbocycles. The van der Waals surface area contributed by atoms with Gasteiger partial charge in [-0.2, -0.15) is 21.0 Å². The Bertz CT molecular complexity index is 1000. The molecule has 2 aromatic rings. The van der Waals surface area contributed by atoms with Gasteiger partial charge in [0.05, 0.1) is 23.4 Å². The molecule has 0 atom stereocenters. The SMILES string of the molecule is COc1ccc(S(=O)(=O)N(Cl)c2cc(OC(F)F)ccc2C)cc1N1CCNCC1. The number of nitrogens with zero attached hydrogens (tertiary/aromatic N) is 2. The predicted octanol–water partition coefficient (Wildman–Crippen LogP) is 3.36. The molecule has 164 valence electrons. The number of ether oxygens (including phenoxy) is 2. The Kier molecular flexibility index (Phi) is 6.89. The predicted molar refractivity (Wildman–Crippen MR) is 111 cm³/mol. The van der Waals surface area contributed by atoms with E-state index < -0.39 is 16.6 Å². The van der Waals surface area contributed by atoms with E-state index in [0.29, 0.717) is 33.9 Å². The first-order chi connectivity index (χ1) is 14.2. The van der Waals surface area contributed by atoms with Gasteiger partial charge in [-0.05, 0) is 36.8 Å². The van der Waals surface area contributed by atoms with Crippen molar-refractivity contribution >= 4 is 33.2 Å². The van der Waals surface area contributed by atoms with Crippen molar-refractivity contribution in [1.29, 1.82) is 0 Å². The molecule has 1 fully saturated rings. The highest BCUT2D eigenvalue weighted by Crippen LogP contribution is 2.36. The number of sulfonamides is 1. The largest absolute Gasteiger partial charge is 0.495 e. The molecular formula is C19H22ClF2N3O4S. The van der Waals surface area contributed by atoms with Crippen LogP contribution in [0.3, 0.4) is 0 Å². The minimum atomic E-state index is -4.19. The fraction of sp³-hybridized carbons (Fsp3) is 0.368. The molecule has 0 spiro atoms. The van der Waals surface area contributed by atoms with Crippen LogP contribution in [0.25, 0.3) is 0 Å². The molecule has 1 saturated heterocycles. The molecule has 0 aromatic heterocycles. The van der Waals surface area contributed by atoms with Crippen LogP contribution in [0, 0.1) is 6.92 Å². The van der Waals surface area contributed by atoms with Gasteiger partial charge >= 0.3 is 6.61 Å². The molecule has 0 aliphatic carbocycles. The summed E-state index contributed by atoms with van der Waals surface area (Å²) in [7, 11) is -2.67. The van der Waals surface area contributed by atoms with Crippen molar-refractivity contribution in [3.63, 3.8) is 0 Å². The number of halogens is 3. The number of aryl methyl sites for hydroxylation is 1. The lowest BCUT2D eigenvalue weighted by Gasteiger charge is -2.31. The summed E-state index contributed by atoms with van der Waals surface area (Å²) in [5.74, 6) is 0.350. The summed E-state index contributed by atoms with van der Waals surface area (Å²) >= 11 is 6.21. The molecule has 30 heavy (non-hydrogen) atoms. The topological polar surface area (TPSA) is 71.1 Å². The summed E-state index contributed by atoms with van der Waals surface area (Å²) in [4.78, 5) is 1.97. The van der Waals surface area contributed by atoms with Crippen LogP contribution in [0.4, 0.5) is 20.2 Å². The van der Waals surface area contributed by atoms with Crippen molar-refractivity contribution in [1.82, 2.24) is 5.32 Å². The van der Waals surface area contributed by atoms with E-state index in [4.69, 9.17) is 16.5 Å². The molecular weight excluding hydrogens is 440 g/mol. The molecule has 0 saturated carbocycles. The van der Waals surface area contributed by atoms with Crippen LogP contribution in [0.2, 0.25) is 0 Å². The molecule has 1 aliphatic heterocycles. The molecule has 7 nitrogen and oxygen atoms in total. The summed E-state index contributed by atoms with van der Waals surface area (Å²) in [5.41, 5.74) is 1.14. The van der Waals surface area contributed by atoms with E-state index >= 15 is 0 Å². The quantitative estimate of drug-likeness (QED) is 0.637. The van der Waals surface area contributed by atoms with Gasteiger partial charge in [-0.15, -0.1) is 0 Å². The Hall–Kier alpha value is -2.30. The Morgan fingerprint density at radius 2 is 1.87 bits per heavy atom. The van der Waals surface area contributed by atoms with E-state index in [-0.39, 0.29) is 16.3 Å². The van der Waals surface area contributed by atoms with Crippen molar-refractivity contribution < 1.29 is 26.7 Å². The first kappa shape index (κ1) is 22.4. The molecule has 3 rings (SSSR count). The second-order valence-electron chi connectivity index (χ2n) is 6.62. The third kappa shape index (κ3) is 4.71. The van der Waals surface area contributed by atoms with Crippen LogP contribution in [-0.2, 0) is 10.0 Å². The lowest BCUT2D eigenvalue weighted by Crippen LogP contribution is -2.43. The highest BCUT2D eigenvalue weighted by atomic mass is 35.5. The normalized spacial score (nSPS) is 14.7. The maximum atomic E-state index is 13.2. The molecule has 1 aliphatic rings. The lowest BCUT2D eigenvalue weighted by atomic mass is 10.2. The zero-order valence-corrected chi connectivity index (χ0v) is 18.0. The van der Waals surface area contributed by atoms with Gasteiger partial charge in [0.1, 0.15) is 11.5 Å². The monoisotopic (exact) mass is 461 g/mol. The minimum absolute atomic E-state index is 0.0226. The minimum Gasteiger partial charge on any atom is -0.495 e. The Morgan fingerprint density at radius 3 is 2.50 bits per heavy atom. The second-order valence-corrected chi connectivity index (χ2v) is 8.94. The van der Waals surface area contributed by atoms with Crippen LogP contribution < -0.4 is 23.5 Å². The van der Waals surface area contributed by atoms with Crippen LogP contribution >= 0.6 is 11.8 Å². The number of hydrogen-bond donors (Lipinski definition) is 1.